The zero-order valence-corrected chi connectivity index (χ0v) is 11.9. The van der Waals surface area contributed by atoms with Crippen LogP contribution >= 0.6 is 15.9 Å². The van der Waals surface area contributed by atoms with Gasteiger partial charge in [0.15, 0.2) is 0 Å². The Bertz CT molecular complexity index is 390. The van der Waals surface area contributed by atoms with Gasteiger partial charge in [0.25, 0.3) is 0 Å². The smallest absolute Gasteiger partial charge is 0.128 e. The normalized spacial score (nSPS) is 30.8. The fraction of sp³-hybridized carbons (Fsp3) is 0.643. The lowest BCUT2D eigenvalue weighted by atomic mass is 9.88. The van der Waals surface area contributed by atoms with E-state index in [1.165, 1.54) is 32.2 Å². The van der Waals surface area contributed by atoms with Crippen molar-refractivity contribution in [2.45, 2.75) is 25.7 Å². The van der Waals surface area contributed by atoms with Gasteiger partial charge in [0.2, 0.25) is 0 Å². The van der Waals surface area contributed by atoms with Gasteiger partial charge >= 0.3 is 0 Å². The number of halogens is 1. The van der Waals surface area contributed by atoms with Gasteiger partial charge in [0, 0.05) is 24.3 Å². The van der Waals surface area contributed by atoms with Crippen molar-refractivity contribution in [3.8, 4) is 0 Å². The van der Waals surface area contributed by atoms with Crippen LogP contribution in [0, 0.1) is 17.8 Å². The third kappa shape index (κ3) is 2.35. The molecule has 3 heteroatoms. The number of fused-ring (bicyclic) bond motifs is 2. The Labute approximate surface area is 112 Å². The Morgan fingerprint density at radius 2 is 2.24 bits per heavy atom. The second kappa shape index (κ2) is 4.60. The maximum absolute atomic E-state index is 4.46. The Morgan fingerprint density at radius 1 is 1.35 bits per heavy atom. The summed E-state index contributed by atoms with van der Waals surface area (Å²) in [4.78, 5) is 6.78. The van der Waals surface area contributed by atoms with Crippen LogP contribution in [-0.2, 0) is 0 Å². The van der Waals surface area contributed by atoms with Gasteiger partial charge < -0.3 is 4.90 Å². The molecule has 0 aromatic carbocycles. The maximum atomic E-state index is 4.46. The molecule has 92 valence electrons. The van der Waals surface area contributed by atoms with E-state index < -0.39 is 0 Å². The number of nitrogens with zero attached hydrogens (tertiary/aromatic N) is 2. The molecule has 2 aliphatic carbocycles. The second-order valence-corrected chi connectivity index (χ2v) is 6.57. The van der Waals surface area contributed by atoms with Gasteiger partial charge in [-0.2, -0.15) is 0 Å². The summed E-state index contributed by atoms with van der Waals surface area (Å²) < 4.78 is 1.05. The molecule has 1 aromatic heterocycles. The molecule has 3 atom stereocenters. The summed E-state index contributed by atoms with van der Waals surface area (Å²) in [6.07, 6.45) is 7.78. The summed E-state index contributed by atoms with van der Waals surface area (Å²) in [5.41, 5.74) is 0. The predicted molar refractivity (Wildman–Crippen MR) is 74.1 cm³/mol. The maximum Gasteiger partial charge on any atom is 0.128 e. The summed E-state index contributed by atoms with van der Waals surface area (Å²) in [7, 11) is 2.17. The molecule has 2 bridgehead atoms. The molecule has 0 amide bonds. The minimum Gasteiger partial charge on any atom is -0.359 e. The van der Waals surface area contributed by atoms with Crippen LogP contribution in [0.2, 0.25) is 0 Å². The Balaban J connectivity index is 1.63. The van der Waals surface area contributed by atoms with Crippen molar-refractivity contribution < 1.29 is 0 Å². The van der Waals surface area contributed by atoms with E-state index in [9.17, 15) is 0 Å². The van der Waals surface area contributed by atoms with Gasteiger partial charge in [0.1, 0.15) is 5.82 Å². The summed E-state index contributed by atoms with van der Waals surface area (Å²) in [6, 6.07) is 4.16. The molecule has 1 heterocycles. The summed E-state index contributed by atoms with van der Waals surface area (Å²) >= 11 is 3.43. The van der Waals surface area contributed by atoms with Gasteiger partial charge in [-0.3, -0.25) is 0 Å². The third-order valence-corrected chi connectivity index (χ3v) is 4.96. The molecule has 0 spiro atoms. The van der Waals surface area contributed by atoms with Crippen molar-refractivity contribution in [1.82, 2.24) is 4.98 Å². The van der Waals surface area contributed by atoms with Gasteiger partial charge in [-0.05, 0) is 65.1 Å². The van der Waals surface area contributed by atoms with Gasteiger partial charge in [0.05, 0.1) is 0 Å². The Kier molecular flexibility index (Phi) is 3.12. The van der Waals surface area contributed by atoms with Gasteiger partial charge in [-0.1, -0.05) is 6.42 Å². The largest absolute Gasteiger partial charge is 0.359 e. The molecular weight excluding hydrogens is 276 g/mol. The Hall–Kier alpha value is -0.570. The minimum absolute atomic E-state index is 0.907. The van der Waals surface area contributed by atoms with Crippen molar-refractivity contribution in [1.29, 1.82) is 0 Å². The first-order valence-electron chi connectivity index (χ1n) is 6.55. The average Bonchev–Trinajstić information content (AvgIpc) is 2.91. The van der Waals surface area contributed by atoms with Crippen molar-refractivity contribution in [2.75, 3.05) is 18.5 Å². The van der Waals surface area contributed by atoms with E-state index in [1.807, 2.05) is 6.20 Å². The highest BCUT2D eigenvalue weighted by molar-refractivity contribution is 9.10. The number of rotatable bonds is 3. The van der Waals surface area contributed by atoms with Crippen LogP contribution < -0.4 is 4.90 Å². The van der Waals surface area contributed by atoms with Gasteiger partial charge in [-0.15, -0.1) is 0 Å². The van der Waals surface area contributed by atoms with E-state index in [2.05, 4.69) is 45.0 Å². The highest BCUT2D eigenvalue weighted by atomic mass is 79.9. The molecule has 3 unspecified atom stereocenters. The third-order valence-electron chi connectivity index (χ3n) is 4.50. The lowest BCUT2D eigenvalue weighted by Crippen LogP contribution is -2.29. The van der Waals surface area contributed by atoms with Crippen LogP contribution in [0.1, 0.15) is 25.7 Å². The van der Waals surface area contributed by atoms with E-state index in [0.717, 1.165) is 28.0 Å². The fourth-order valence-electron chi connectivity index (χ4n) is 3.64. The highest BCUT2D eigenvalue weighted by Gasteiger charge is 2.39. The molecule has 17 heavy (non-hydrogen) atoms. The molecule has 0 radical (unpaired) electrons. The monoisotopic (exact) mass is 294 g/mol. The van der Waals surface area contributed by atoms with E-state index in [1.54, 1.807) is 0 Å². The first-order chi connectivity index (χ1) is 8.22. The Morgan fingerprint density at radius 3 is 2.82 bits per heavy atom. The van der Waals surface area contributed by atoms with E-state index >= 15 is 0 Å². The van der Waals surface area contributed by atoms with E-state index in [-0.39, 0.29) is 0 Å². The van der Waals surface area contributed by atoms with Crippen molar-refractivity contribution in [3.63, 3.8) is 0 Å². The molecular formula is C14H19BrN2. The molecule has 3 rings (SSSR count). The van der Waals surface area contributed by atoms with Crippen molar-refractivity contribution in [2.24, 2.45) is 17.8 Å². The lowest BCUT2D eigenvalue weighted by Gasteiger charge is -2.27. The van der Waals surface area contributed by atoms with Crippen LogP contribution in [0.25, 0.3) is 0 Å². The molecule has 2 fully saturated rings. The SMILES string of the molecule is CN(CC1CC2CCC1C2)c1ccc(Br)cn1. The van der Waals surface area contributed by atoms with Crippen LogP contribution in [0.3, 0.4) is 0 Å². The number of aromatic nitrogens is 1. The lowest BCUT2D eigenvalue weighted by molar-refractivity contribution is 0.337. The zero-order valence-electron chi connectivity index (χ0n) is 10.3. The predicted octanol–water partition coefficient (Wildman–Crippen LogP) is 3.72. The number of hydrogen-bond acceptors (Lipinski definition) is 2. The first-order valence-corrected chi connectivity index (χ1v) is 7.34. The number of pyridine rings is 1. The fourth-order valence-corrected chi connectivity index (χ4v) is 3.87. The number of anilines is 1. The molecule has 0 saturated heterocycles. The van der Waals surface area contributed by atoms with Crippen LogP contribution in [0.5, 0.6) is 0 Å². The summed E-state index contributed by atoms with van der Waals surface area (Å²) in [5.74, 6) is 4.04. The highest BCUT2D eigenvalue weighted by Crippen LogP contribution is 2.48. The molecule has 2 aliphatic rings. The topological polar surface area (TPSA) is 16.1 Å². The summed E-state index contributed by atoms with van der Waals surface area (Å²) in [5, 5.41) is 0. The average molecular weight is 295 g/mol. The zero-order chi connectivity index (χ0) is 11.8. The first kappa shape index (κ1) is 11.5. The molecule has 0 N–H and O–H groups in total. The van der Waals surface area contributed by atoms with E-state index in [0.29, 0.717) is 0 Å². The molecule has 1 aromatic rings. The van der Waals surface area contributed by atoms with Crippen LogP contribution in [-0.4, -0.2) is 18.6 Å². The second-order valence-electron chi connectivity index (χ2n) is 5.65. The van der Waals surface area contributed by atoms with Crippen molar-refractivity contribution in [3.05, 3.63) is 22.8 Å². The molecule has 0 aliphatic heterocycles. The summed E-state index contributed by atoms with van der Waals surface area (Å²) in [6.45, 7) is 1.18. The molecule has 2 nitrogen and oxygen atoms in total. The quantitative estimate of drug-likeness (QED) is 0.845. The van der Waals surface area contributed by atoms with E-state index in [4.69, 9.17) is 0 Å². The van der Waals surface area contributed by atoms with Crippen molar-refractivity contribution >= 4 is 21.7 Å². The number of hydrogen-bond donors (Lipinski definition) is 0. The van der Waals surface area contributed by atoms with Gasteiger partial charge in [-0.25, -0.2) is 4.98 Å². The minimum atomic E-state index is 0.907. The van der Waals surface area contributed by atoms with Crippen LogP contribution in [0.4, 0.5) is 5.82 Å². The standard InChI is InChI=1S/C14H19BrN2/c1-17(14-5-4-13(15)8-16-14)9-12-7-10-2-3-11(12)6-10/h4-5,8,10-12H,2-3,6-7,9H2,1H3. The van der Waals surface area contributed by atoms with Crippen LogP contribution in [0.15, 0.2) is 22.8 Å². The molecule has 2 saturated carbocycles.